The van der Waals surface area contributed by atoms with E-state index in [1.54, 1.807) is 26.8 Å². The van der Waals surface area contributed by atoms with Gasteiger partial charge in [-0.25, -0.2) is 27.3 Å². The highest BCUT2D eigenvalue weighted by molar-refractivity contribution is 7.86. The molecule has 6 nitrogen and oxygen atoms in total. The van der Waals surface area contributed by atoms with Gasteiger partial charge < -0.3 is 0 Å². The van der Waals surface area contributed by atoms with E-state index < -0.39 is 33.9 Å². The first kappa shape index (κ1) is 24.3. The fourth-order valence-electron chi connectivity index (χ4n) is 3.18. The van der Waals surface area contributed by atoms with Crippen LogP contribution in [-0.2, 0) is 15.8 Å². The standard InChI is InChI=1S/C25H21F3N4O2S/c1-25(2,3)23(33)31-24-29-13-15-11-14(7-9-19(15)30-24)21-18(27)8-10-20(22(21)28)32-35(34)17-6-4-5-16(26)12-17/h4-13,32H,1-3H3,(H,29,30,31,33). The Morgan fingerprint density at radius 2 is 1.77 bits per heavy atom. The number of aromatic nitrogens is 2. The second-order valence-electron chi connectivity index (χ2n) is 8.78. The van der Waals surface area contributed by atoms with Gasteiger partial charge in [-0.3, -0.25) is 14.8 Å². The molecule has 0 aliphatic carbocycles. The third-order valence-electron chi connectivity index (χ3n) is 5.08. The fourth-order valence-corrected chi connectivity index (χ4v) is 4.07. The molecule has 4 aromatic rings. The van der Waals surface area contributed by atoms with Crippen LogP contribution in [0.4, 0.5) is 24.8 Å². The van der Waals surface area contributed by atoms with Crippen LogP contribution < -0.4 is 10.0 Å². The first-order valence-corrected chi connectivity index (χ1v) is 11.7. The van der Waals surface area contributed by atoms with Crippen LogP contribution in [0.3, 0.4) is 0 Å². The predicted molar refractivity (Wildman–Crippen MR) is 129 cm³/mol. The van der Waals surface area contributed by atoms with Crippen molar-refractivity contribution in [2.24, 2.45) is 5.41 Å². The summed E-state index contributed by atoms with van der Waals surface area (Å²) in [5.74, 6) is -2.49. The summed E-state index contributed by atoms with van der Waals surface area (Å²) >= 11 is 0. The fraction of sp³-hybridized carbons (Fsp3) is 0.160. The van der Waals surface area contributed by atoms with Crippen molar-refractivity contribution in [2.75, 3.05) is 10.0 Å². The van der Waals surface area contributed by atoms with Gasteiger partial charge in [0.1, 0.15) is 22.6 Å². The number of halogens is 3. The van der Waals surface area contributed by atoms with Crippen LogP contribution in [-0.4, -0.2) is 20.1 Å². The number of amides is 1. The van der Waals surface area contributed by atoms with Gasteiger partial charge in [-0.05, 0) is 48.0 Å². The molecular formula is C25H21F3N4O2S. The lowest BCUT2D eigenvalue weighted by atomic mass is 9.96. The van der Waals surface area contributed by atoms with E-state index in [0.29, 0.717) is 10.9 Å². The predicted octanol–water partition coefficient (Wildman–Crippen LogP) is 5.83. The zero-order valence-electron chi connectivity index (χ0n) is 19.0. The van der Waals surface area contributed by atoms with E-state index in [1.807, 2.05) is 0 Å². The highest BCUT2D eigenvalue weighted by Crippen LogP contribution is 2.33. The number of carbonyl (C=O) groups excluding carboxylic acids is 1. The Labute approximate surface area is 202 Å². The van der Waals surface area contributed by atoms with Crippen molar-refractivity contribution in [3.8, 4) is 11.1 Å². The van der Waals surface area contributed by atoms with Gasteiger partial charge in [-0.15, -0.1) is 0 Å². The summed E-state index contributed by atoms with van der Waals surface area (Å²) < 4.78 is 58.4. The lowest BCUT2D eigenvalue weighted by Gasteiger charge is -2.16. The third-order valence-corrected chi connectivity index (χ3v) is 6.17. The molecule has 0 aliphatic rings. The quantitative estimate of drug-likeness (QED) is 0.363. The Bertz CT molecular complexity index is 1470. The Morgan fingerprint density at radius 3 is 2.49 bits per heavy atom. The van der Waals surface area contributed by atoms with Crippen molar-refractivity contribution in [3.05, 3.63) is 78.2 Å². The molecule has 1 aromatic heterocycles. The van der Waals surface area contributed by atoms with Crippen LogP contribution in [0.2, 0.25) is 0 Å². The molecule has 0 aliphatic heterocycles. The molecule has 2 N–H and O–H groups in total. The van der Waals surface area contributed by atoms with Crippen molar-refractivity contribution in [2.45, 2.75) is 25.7 Å². The highest BCUT2D eigenvalue weighted by Gasteiger charge is 2.22. The van der Waals surface area contributed by atoms with E-state index in [0.717, 1.165) is 18.2 Å². The first-order valence-electron chi connectivity index (χ1n) is 10.5. The summed E-state index contributed by atoms with van der Waals surface area (Å²) in [6.45, 7) is 5.28. The number of hydrogen-bond donors (Lipinski definition) is 2. The Hall–Kier alpha value is -3.79. The zero-order valence-corrected chi connectivity index (χ0v) is 19.8. The van der Waals surface area contributed by atoms with Gasteiger partial charge >= 0.3 is 0 Å². The number of carbonyl (C=O) groups is 1. The minimum Gasteiger partial charge on any atom is -0.298 e. The summed E-state index contributed by atoms with van der Waals surface area (Å²) in [5, 5.41) is 3.14. The van der Waals surface area contributed by atoms with Crippen molar-refractivity contribution in [3.63, 3.8) is 0 Å². The number of anilines is 2. The molecule has 0 fully saturated rings. The van der Waals surface area contributed by atoms with Gasteiger partial charge in [0.25, 0.3) is 0 Å². The molecular weight excluding hydrogens is 477 g/mol. The van der Waals surface area contributed by atoms with Gasteiger partial charge in [0.05, 0.1) is 21.7 Å². The molecule has 10 heteroatoms. The Kier molecular flexibility index (Phi) is 6.58. The van der Waals surface area contributed by atoms with Gasteiger partial charge in [0.2, 0.25) is 11.9 Å². The smallest absolute Gasteiger partial charge is 0.232 e. The molecule has 1 atom stereocenters. The average molecular weight is 499 g/mol. The summed E-state index contributed by atoms with van der Waals surface area (Å²) in [6, 6.07) is 11.8. The molecule has 1 unspecified atom stereocenters. The number of rotatable bonds is 5. The normalized spacial score (nSPS) is 12.4. The largest absolute Gasteiger partial charge is 0.298 e. The van der Waals surface area contributed by atoms with E-state index >= 15 is 4.39 Å². The third kappa shape index (κ3) is 5.32. The second-order valence-corrected chi connectivity index (χ2v) is 10.00. The number of benzene rings is 3. The second kappa shape index (κ2) is 9.46. The van der Waals surface area contributed by atoms with Crippen LogP contribution in [0.5, 0.6) is 0 Å². The maximum absolute atomic E-state index is 15.3. The number of fused-ring (bicyclic) bond motifs is 1. The van der Waals surface area contributed by atoms with E-state index in [4.69, 9.17) is 0 Å². The molecule has 35 heavy (non-hydrogen) atoms. The van der Waals surface area contributed by atoms with Gasteiger partial charge in [-0.1, -0.05) is 32.9 Å². The van der Waals surface area contributed by atoms with E-state index in [2.05, 4.69) is 20.0 Å². The Morgan fingerprint density at radius 1 is 1.00 bits per heavy atom. The maximum Gasteiger partial charge on any atom is 0.232 e. The highest BCUT2D eigenvalue weighted by atomic mass is 32.2. The molecule has 180 valence electrons. The molecule has 1 amide bonds. The lowest BCUT2D eigenvalue weighted by molar-refractivity contribution is -0.123. The van der Waals surface area contributed by atoms with Crippen LogP contribution >= 0.6 is 0 Å². The lowest BCUT2D eigenvalue weighted by Crippen LogP contribution is -2.28. The molecule has 1 heterocycles. The average Bonchev–Trinajstić information content (AvgIpc) is 2.80. The van der Waals surface area contributed by atoms with Crippen molar-refractivity contribution in [1.29, 1.82) is 0 Å². The van der Waals surface area contributed by atoms with E-state index in [1.165, 1.54) is 36.5 Å². The monoisotopic (exact) mass is 498 g/mol. The van der Waals surface area contributed by atoms with Crippen molar-refractivity contribution < 1.29 is 22.2 Å². The van der Waals surface area contributed by atoms with Crippen molar-refractivity contribution in [1.82, 2.24) is 9.97 Å². The van der Waals surface area contributed by atoms with Gasteiger partial charge in [-0.2, -0.15) is 0 Å². The topological polar surface area (TPSA) is 84.0 Å². The Balaban J connectivity index is 1.65. The minimum absolute atomic E-state index is 0.104. The van der Waals surface area contributed by atoms with Crippen LogP contribution in [0.15, 0.2) is 65.7 Å². The molecule has 0 bridgehead atoms. The molecule has 0 saturated heterocycles. The molecule has 3 aromatic carbocycles. The zero-order chi connectivity index (χ0) is 25.3. The minimum atomic E-state index is -1.97. The van der Waals surface area contributed by atoms with Crippen molar-refractivity contribution >= 4 is 39.4 Å². The number of nitrogens with zero attached hydrogens (tertiary/aromatic N) is 2. The van der Waals surface area contributed by atoms with Gasteiger partial charge in [0, 0.05) is 17.0 Å². The summed E-state index contributed by atoms with van der Waals surface area (Å²) in [7, 11) is -1.97. The molecule has 0 radical (unpaired) electrons. The number of nitrogens with one attached hydrogen (secondary N) is 2. The van der Waals surface area contributed by atoms with Crippen LogP contribution in [0.25, 0.3) is 22.0 Å². The molecule has 0 spiro atoms. The van der Waals surface area contributed by atoms with E-state index in [-0.39, 0.29) is 33.6 Å². The SMILES string of the molecule is CC(C)(C)C(=O)Nc1ncc2cc(-c3c(F)ccc(NS(=O)c4cccc(F)c4)c3F)ccc2n1. The molecule has 4 rings (SSSR count). The maximum atomic E-state index is 15.3. The molecule has 0 saturated carbocycles. The van der Waals surface area contributed by atoms with Gasteiger partial charge in [0.15, 0.2) is 5.82 Å². The summed E-state index contributed by atoms with van der Waals surface area (Å²) in [6.07, 6.45) is 1.45. The van der Waals surface area contributed by atoms with Crippen LogP contribution in [0.1, 0.15) is 20.8 Å². The summed E-state index contributed by atoms with van der Waals surface area (Å²) in [5.41, 5.74) is -0.494. The summed E-state index contributed by atoms with van der Waals surface area (Å²) in [4.78, 5) is 20.7. The number of hydrogen-bond acceptors (Lipinski definition) is 4. The van der Waals surface area contributed by atoms with Crippen LogP contribution in [0, 0.1) is 22.9 Å². The first-order chi connectivity index (χ1) is 16.5. The van der Waals surface area contributed by atoms with E-state index in [9.17, 15) is 17.8 Å².